The van der Waals surface area contributed by atoms with Gasteiger partial charge in [-0.3, -0.25) is 9.59 Å². The number of hydrogen-bond donors (Lipinski definition) is 1. The zero-order valence-electron chi connectivity index (χ0n) is 11.4. The number of carbonyl (C=O) groups is 2. The Balaban J connectivity index is 2.39. The van der Waals surface area contributed by atoms with Gasteiger partial charge in [0.05, 0.1) is 0 Å². The van der Waals surface area contributed by atoms with Crippen molar-refractivity contribution in [1.29, 1.82) is 0 Å². The number of carbonyl (C=O) groups excluding carboxylic acids is 1. The van der Waals surface area contributed by atoms with Crippen LogP contribution in [0.25, 0.3) is 0 Å². The molecule has 1 rings (SSSR count). The molecule has 1 heterocycles. The van der Waals surface area contributed by atoms with Crippen molar-refractivity contribution < 1.29 is 14.7 Å². The van der Waals surface area contributed by atoms with Gasteiger partial charge in [0.25, 0.3) is 0 Å². The van der Waals surface area contributed by atoms with E-state index in [1.54, 1.807) is 0 Å². The Kier molecular flexibility index (Phi) is 6.12. The summed E-state index contributed by atoms with van der Waals surface area (Å²) in [4.78, 5) is 26.5. The van der Waals surface area contributed by atoms with Crippen molar-refractivity contribution in [1.82, 2.24) is 9.80 Å². The molecule has 1 saturated heterocycles. The van der Waals surface area contributed by atoms with Crippen LogP contribution in [-0.2, 0) is 9.59 Å². The monoisotopic (exact) mass is 256 g/mol. The SMILES string of the molecule is CC(C)CN(CC(=O)O)C(=O)CCN1CCCC1. The first kappa shape index (κ1) is 15.0. The van der Waals surface area contributed by atoms with Crippen LogP contribution in [0.3, 0.4) is 0 Å². The van der Waals surface area contributed by atoms with Gasteiger partial charge in [-0.15, -0.1) is 0 Å². The zero-order chi connectivity index (χ0) is 13.5. The number of amides is 1. The largest absolute Gasteiger partial charge is 0.480 e. The molecule has 5 nitrogen and oxygen atoms in total. The molecule has 0 aromatic rings. The molecule has 5 heteroatoms. The zero-order valence-corrected chi connectivity index (χ0v) is 11.4. The first-order valence-corrected chi connectivity index (χ1v) is 6.71. The highest BCUT2D eigenvalue weighted by atomic mass is 16.4. The Morgan fingerprint density at radius 3 is 2.39 bits per heavy atom. The van der Waals surface area contributed by atoms with Crippen molar-refractivity contribution in [3.63, 3.8) is 0 Å². The summed E-state index contributed by atoms with van der Waals surface area (Å²) >= 11 is 0. The Hall–Kier alpha value is -1.10. The molecule has 0 spiro atoms. The normalized spacial score (nSPS) is 16.2. The average molecular weight is 256 g/mol. The maximum Gasteiger partial charge on any atom is 0.323 e. The number of nitrogens with zero attached hydrogens (tertiary/aromatic N) is 2. The summed E-state index contributed by atoms with van der Waals surface area (Å²) in [5.74, 6) is -0.691. The fraction of sp³-hybridized carbons (Fsp3) is 0.846. The van der Waals surface area contributed by atoms with Gasteiger partial charge in [-0.05, 0) is 31.8 Å². The number of carboxylic acid groups (broad SMARTS) is 1. The summed E-state index contributed by atoms with van der Waals surface area (Å²) in [5.41, 5.74) is 0. The van der Waals surface area contributed by atoms with Gasteiger partial charge in [-0.1, -0.05) is 13.8 Å². The molecule has 104 valence electrons. The summed E-state index contributed by atoms with van der Waals surface area (Å²) in [6.07, 6.45) is 2.85. The summed E-state index contributed by atoms with van der Waals surface area (Å²) in [6.45, 7) is 7.20. The van der Waals surface area contributed by atoms with Crippen LogP contribution in [0.5, 0.6) is 0 Å². The standard InChI is InChI=1S/C13H24N2O3/c1-11(2)9-15(10-13(17)18)12(16)5-8-14-6-3-4-7-14/h11H,3-10H2,1-2H3,(H,17,18). The van der Waals surface area contributed by atoms with Crippen LogP contribution in [0.4, 0.5) is 0 Å². The molecular weight excluding hydrogens is 232 g/mol. The molecule has 18 heavy (non-hydrogen) atoms. The van der Waals surface area contributed by atoms with E-state index < -0.39 is 5.97 Å². The van der Waals surface area contributed by atoms with Crippen LogP contribution >= 0.6 is 0 Å². The molecule has 0 unspecified atom stereocenters. The number of hydrogen-bond acceptors (Lipinski definition) is 3. The van der Waals surface area contributed by atoms with Gasteiger partial charge in [-0.25, -0.2) is 0 Å². The van der Waals surface area contributed by atoms with Gasteiger partial charge in [-0.2, -0.15) is 0 Å². The maximum atomic E-state index is 12.0. The Morgan fingerprint density at radius 2 is 1.89 bits per heavy atom. The first-order chi connectivity index (χ1) is 8.49. The van der Waals surface area contributed by atoms with Gasteiger partial charge >= 0.3 is 5.97 Å². The van der Waals surface area contributed by atoms with Gasteiger partial charge in [0.1, 0.15) is 6.54 Å². The molecule has 1 fully saturated rings. The van der Waals surface area contributed by atoms with E-state index in [1.807, 2.05) is 13.8 Å². The minimum atomic E-state index is -0.940. The third-order valence-electron chi connectivity index (χ3n) is 3.10. The number of likely N-dealkylation sites (tertiary alicyclic amines) is 1. The lowest BCUT2D eigenvalue weighted by molar-refractivity contribution is -0.144. The van der Waals surface area contributed by atoms with Gasteiger partial charge in [0, 0.05) is 19.5 Å². The van der Waals surface area contributed by atoms with Crippen molar-refractivity contribution >= 4 is 11.9 Å². The Bertz CT molecular complexity index is 286. The van der Waals surface area contributed by atoms with Crippen LogP contribution in [0.2, 0.25) is 0 Å². The average Bonchev–Trinajstić information content (AvgIpc) is 2.76. The molecular formula is C13H24N2O3. The lowest BCUT2D eigenvalue weighted by Crippen LogP contribution is -2.39. The lowest BCUT2D eigenvalue weighted by atomic mass is 10.2. The van der Waals surface area contributed by atoms with Crippen LogP contribution in [0, 0.1) is 5.92 Å². The molecule has 1 N–H and O–H groups in total. The van der Waals surface area contributed by atoms with E-state index in [0.717, 1.165) is 19.6 Å². The van der Waals surface area contributed by atoms with Crippen molar-refractivity contribution in [3.8, 4) is 0 Å². The highest BCUT2D eigenvalue weighted by Crippen LogP contribution is 2.09. The third kappa shape index (κ3) is 5.49. The van der Waals surface area contributed by atoms with E-state index in [1.165, 1.54) is 17.7 Å². The van der Waals surface area contributed by atoms with Crippen LogP contribution in [0.15, 0.2) is 0 Å². The minimum absolute atomic E-state index is 0.0435. The molecule has 1 aliphatic heterocycles. The number of aliphatic carboxylic acids is 1. The predicted octanol–water partition coefficient (Wildman–Crippen LogP) is 1.04. The van der Waals surface area contributed by atoms with E-state index in [0.29, 0.717) is 18.9 Å². The second-order valence-electron chi connectivity index (χ2n) is 5.36. The van der Waals surface area contributed by atoms with E-state index in [4.69, 9.17) is 5.11 Å². The lowest BCUT2D eigenvalue weighted by Gasteiger charge is -2.24. The van der Waals surface area contributed by atoms with Crippen molar-refractivity contribution in [2.75, 3.05) is 32.7 Å². The fourth-order valence-corrected chi connectivity index (χ4v) is 2.28. The van der Waals surface area contributed by atoms with E-state index in [9.17, 15) is 9.59 Å². The molecule has 0 atom stereocenters. The maximum absolute atomic E-state index is 12.0. The minimum Gasteiger partial charge on any atom is -0.480 e. The van der Waals surface area contributed by atoms with Crippen LogP contribution in [-0.4, -0.2) is 59.5 Å². The molecule has 1 amide bonds. The Morgan fingerprint density at radius 1 is 1.28 bits per heavy atom. The predicted molar refractivity (Wildman–Crippen MR) is 69.3 cm³/mol. The van der Waals surface area contributed by atoms with E-state index >= 15 is 0 Å². The van der Waals surface area contributed by atoms with Crippen LogP contribution in [0.1, 0.15) is 33.1 Å². The summed E-state index contributed by atoms with van der Waals surface area (Å²) in [5, 5.41) is 8.82. The summed E-state index contributed by atoms with van der Waals surface area (Å²) < 4.78 is 0. The quantitative estimate of drug-likeness (QED) is 0.739. The summed E-state index contributed by atoms with van der Waals surface area (Å²) in [6, 6.07) is 0. The van der Waals surface area contributed by atoms with Gasteiger partial charge < -0.3 is 14.9 Å². The topological polar surface area (TPSA) is 60.9 Å². The second-order valence-corrected chi connectivity index (χ2v) is 5.36. The van der Waals surface area contributed by atoms with E-state index in [2.05, 4.69) is 4.90 Å². The fourth-order valence-electron chi connectivity index (χ4n) is 2.28. The highest BCUT2D eigenvalue weighted by Gasteiger charge is 2.19. The molecule has 0 aromatic heterocycles. The third-order valence-corrected chi connectivity index (χ3v) is 3.10. The van der Waals surface area contributed by atoms with Gasteiger partial charge in [0.15, 0.2) is 0 Å². The van der Waals surface area contributed by atoms with Crippen molar-refractivity contribution in [2.24, 2.45) is 5.92 Å². The Labute approximate surface area is 109 Å². The molecule has 0 bridgehead atoms. The first-order valence-electron chi connectivity index (χ1n) is 6.71. The molecule has 0 radical (unpaired) electrons. The van der Waals surface area contributed by atoms with E-state index in [-0.39, 0.29) is 12.5 Å². The molecule has 0 aromatic carbocycles. The smallest absolute Gasteiger partial charge is 0.323 e. The van der Waals surface area contributed by atoms with Crippen LogP contribution < -0.4 is 0 Å². The number of rotatable bonds is 7. The van der Waals surface area contributed by atoms with Gasteiger partial charge in [0.2, 0.25) is 5.91 Å². The number of carboxylic acids is 1. The second kappa shape index (κ2) is 7.36. The van der Waals surface area contributed by atoms with Crippen molar-refractivity contribution in [2.45, 2.75) is 33.1 Å². The molecule has 1 aliphatic rings. The molecule has 0 aliphatic carbocycles. The molecule has 0 saturated carbocycles. The summed E-state index contributed by atoms with van der Waals surface area (Å²) in [7, 11) is 0. The highest BCUT2D eigenvalue weighted by molar-refractivity contribution is 5.81. The van der Waals surface area contributed by atoms with Crippen molar-refractivity contribution in [3.05, 3.63) is 0 Å².